The van der Waals surface area contributed by atoms with Crippen molar-refractivity contribution in [2.24, 2.45) is 0 Å². The molecule has 0 bridgehead atoms. The number of amides is 3. The largest absolute Gasteiger partial charge is 0.445 e. The molecule has 1 aromatic rings. The van der Waals surface area contributed by atoms with E-state index in [0.29, 0.717) is 0 Å². The Kier molecular flexibility index (Phi) is 7.51. The van der Waals surface area contributed by atoms with Crippen molar-refractivity contribution >= 4 is 23.7 Å². The van der Waals surface area contributed by atoms with E-state index in [1.165, 1.54) is 13.8 Å². The van der Waals surface area contributed by atoms with Crippen molar-refractivity contribution in [1.82, 2.24) is 15.5 Å². The minimum Gasteiger partial charge on any atom is -0.445 e. The van der Waals surface area contributed by atoms with Crippen LogP contribution in [0.2, 0.25) is 0 Å². The number of ether oxygens (including phenoxy) is 1. The van der Waals surface area contributed by atoms with Crippen LogP contribution in [-0.4, -0.2) is 65.0 Å². The number of Topliss-reactive ketones (excluding diaryl/α,β-unsaturated/α-hetero) is 1. The maximum atomic E-state index is 12.5. The van der Waals surface area contributed by atoms with Gasteiger partial charge in [0.1, 0.15) is 24.5 Å². The van der Waals surface area contributed by atoms with E-state index in [1.807, 2.05) is 18.2 Å². The Morgan fingerprint density at radius 2 is 1.93 bits per heavy atom. The smallest absolute Gasteiger partial charge is 0.410 e. The normalized spacial score (nSPS) is 19.6. The number of likely N-dealkylation sites (tertiary alicyclic amines) is 1. The Hall–Kier alpha value is -2.94. The summed E-state index contributed by atoms with van der Waals surface area (Å²) < 4.78 is 5.24. The van der Waals surface area contributed by atoms with Crippen LogP contribution in [0.1, 0.15) is 25.8 Å². The molecule has 1 unspecified atom stereocenters. The Morgan fingerprint density at radius 1 is 1.25 bits per heavy atom. The highest BCUT2D eigenvalue weighted by Gasteiger charge is 2.40. The van der Waals surface area contributed by atoms with Crippen molar-refractivity contribution < 1.29 is 29.0 Å². The first-order valence-electron chi connectivity index (χ1n) is 9.00. The van der Waals surface area contributed by atoms with Crippen molar-refractivity contribution in [1.29, 1.82) is 0 Å². The van der Waals surface area contributed by atoms with Crippen molar-refractivity contribution in [3.05, 3.63) is 35.9 Å². The Balaban J connectivity index is 1.92. The number of nitrogens with one attached hydrogen (secondary N) is 2. The summed E-state index contributed by atoms with van der Waals surface area (Å²) in [5.74, 6) is -1.29. The van der Waals surface area contributed by atoms with Crippen molar-refractivity contribution in [2.45, 2.75) is 45.1 Å². The highest BCUT2D eigenvalue weighted by Crippen LogP contribution is 2.20. The SMILES string of the molecule is CC(=O)CNC(=O)[C@H](C)NC(=O)[C@@H]1CC(O)CN1C(=O)OCc1ccccc1. The third-order valence-corrected chi connectivity index (χ3v) is 4.28. The van der Waals surface area contributed by atoms with E-state index in [9.17, 15) is 24.3 Å². The lowest BCUT2D eigenvalue weighted by molar-refractivity contribution is -0.131. The summed E-state index contributed by atoms with van der Waals surface area (Å²) in [5, 5.41) is 14.8. The van der Waals surface area contributed by atoms with Crippen LogP contribution < -0.4 is 10.6 Å². The average molecular weight is 391 g/mol. The highest BCUT2D eigenvalue weighted by molar-refractivity contribution is 5.92. The number of hydrogen-bond acceptors (Lipinski definition) is 6. The molecule has 1 saturated heterocycles. The molecule has 1 aliphatic rings. The second-order valence-electron chi connectivity index (χ2n) is 6.75. The number of β-amino-alcohol motifs (C(OH)–C–C–N with tert-alkyl or cyclic N) is 1. The van der Waals surface area contributed by atoms with Gasteiger partial charge >= 0.3 is 6.09 Å². The van der Waals surface area contributed by atoms with E-state index in [2.05, 4.69) is 10.6 Å². The number of aliphatic hydroxyl groups is 1. The van der Waals surface area contributed by atoms with Crippen LogP contribution in [0, 0.1) is 0 Å². The van der Waals surface area contributed by atoms with Crippen LogP contribution in [0.15, 0.2) is 30.3 Å². The molecule has 28 heavy (non-hydrogen) atoms. The fourth-order valence-electron chi connectivity index (χ4n) is 2.81. The molecule has 1 heterocycles. The topological polar surface area (TPSA) is 125 Å². The fourth-order valence-corrected chi connectivity index (χ4v) is 2.81. The zero-order valence-corrected chi connectivity index (χ0v) is 15.9. The van der Waals surface area contributed by atoms with Gasteiger partial charge in [0.25, 0.3) is 0 Å². The van der Waals surface area contributed by atoms with E-state index >= 15 is 0 Å². The van der Waals surface area contributed by atoms with E-state index in [0.717, 1.165) is 10.5 Å². The first-order chi connectivity index (χ1) is 13.3. The van der Waals surface area contributed by atoms with Gasteiger partial charge in [-0.3, -0.25) is 19.3 Å². The summed E-state index contributed by atoms with van der Waals surface area (Å²) in [6.07, 6.45) is -1.52. The van der Waals surface area contributed by atoms with Gasteiger partial charge in [-0.25, -0.2) is 4.79 Å². The summed E-state index contributed by atoms with van der Waals surface area (Å²) in [4.78, 5) is 48.9. The molecule has 0 spiro atoms. The number of carbonyl (C=O) groups is 4. The maximum absolute atomic E-state index is 12.5. The minimum absolute atomic E-state index is 0.0311. The van der Waals surface area contributed by atoms with E-state index in [1.54, 1.807) is 12.1 Å². The predicted octanol–water partition coefficient (Wildman–Crippen LogP) is -0.0317. The van der Waals surface area contributed by atoms with Gasteiger partial charge in [0, 0.05) is 6.42 Å². The molecule has 9 nitrogen and oxygen atoms in total. The Morgan fingerprint density at radius 3 is 2.57 bits per heavy atom. The zero-order valence-electron chi connectivity index (χ0n) is 15.9. The number of aliphatic hydroxyl groups excluding tert-OH is 1. The second kappa shape index (κ2) is 9.84. The van der Waals surface area contributed by atoms with Crippen LogP contribution in [0.3, 0.4) is 0 Å². The molecule has 1 aliphatic heterocycles. The van der Waals surface area contributed by atoms with Gasteiger partial charge in [0.05, 0.1) is 19.2 Å². The molecular weight excluding hydrogens is 366 g/mol. The number of nitrogens with zero attached hydrogens (tertiary/aromatic N) is 1. The van der Waals surface area contributed by atoms with E-state index in [-0.39, 0.29) is 31.9 Å². The minimum atomic E-state index is -0.943. The highest BCUT2D eigenvalue weighted by atomic mass is 16.6. The molecule has 0 aliphatic carbocycles. The molecule has 9 heteroatoms. The molecule has 3 amide bonds. The lowest BCUT2D eigenvalue weighted by Gasteiger charge is -2.24. The van der Waals surface area contributed by atoms with Gasteiger partial charge in [-0.2, -0.15) is 0 Å². The molecule has 3 N–H and O–H groups in total. The standard InChI is InChI=1S/C19H25N3O6/c1-12(23)9-20-17(25)13(2)21-18(26)16-8-15(24)10-22(16)19(27)28-11-14-6-4-3-5-7-14/h3-7,13,15-16,24H,8-11H2,1-2H3,(H,20,25)(H,21,26)/t13-,15?,16-/m0/s1. The summed E-state index contributed by atoms with van der Waals surface area (Å²) in [5.41, 5.74) is 0.798. The molecular formula is C19H25N3O6. The molecule has 1 fully saturated rings. The summed E-state index contributed by atoms with van der Waals surface area (Å²) in [6.45, 7) is 2.69. The summed E-state index contributed by atoms with van der Waals surface area (Å²) in [6, 6.07) is 7.24. The van der Waals surface area contributed by atoms with Gasteiger partial charge in [0.15, 0.2) is 0 Å². The maximum Gasteiger partial charge on any atom is 0.410 e. The van der Waals surface area contributed by atoms with Gasteiger partial charge < -0.3 is 20.5 Å². The molecule has 0 radical (unpaired) electrons. The average Bonchev–Trinajstić information content (AvgIpc) is 3.06. The Labute approximate surface area is 163 Å². The third-order valence-electron chi connectivity index (χ3n) is 4.28. The first kappa shape index (κ1) is 21.4. The van der Waals surface area contributed by atoms with Gasteiger partial charge in [-0.1, -0.05) is 30.3 Å². The number of hydrogen-bond donors (Lipinski definition) is 3. The number of ketones is 1. The monoisotopic (exact) mass is 391 g/mol. The lowest BCUT2D eigenvalue weighted by Crippen LogP contribution is -2.52. The zero-order chi connectivity index (χ0) is 20.7. The van der Waals surface area contributed by atoms with Crippen LogP contribution in [0.4, 0.5) is 4.79 Å². The molecule has 1 aromatic carbocycles. The summed E-state index contributed by atoms with van der Waals surface area (Å²) >= 11 is 0. The third kappa shape index (κ3) is 6.05. The number of benzene rings is 1. The van der Waals surface area contributed by atoms with Gasteiger partial charge in [-0.15, -0.1) is 0 Å². The molecule has 0 aromatic heterocycles. The molecule has 3 atom stereocenters. The first-order valence-corrected chi connectivity index (χ1v) is 9.00. The van der Waals surface area contributed by atoms with Crippen LogP contribution in [-0.2, 0) is 25.7 Å². The van der Waals surface area contributed by atoms with Gasteiger partial charge in [0.2, 0.25) is 11.8 Å². The predicted molar refractivity (Wildman–Crippen MR) is 99.0 cm³/mol. The quantitative estimate of drug-likeness (QED) is 0.599. The molecule has 152 valence electrons. The number of rotatable bonds is 7. The number of carbonyl (C=O) groups excluding carboxylic acids is 4. The van der Waals surface area contributed by atoms with Crippen molar-refractivity contribution in [3.8, 4) is 0 Å². The van der Waals surface area contributed by atoms with Crippen LogP contribution in [0.5, 0.6) is 0 Å². The molecule has 0 saturated carbocycles. The second-order valence-corrected chi connectivity index (χ2v) is 6.75. The van der Waals surface area contributed by atoms with Gasteiger partial charge in [-0.05, 0) is 19.4 Å². The Bertz CT molecular complexity index is 724. The van der Waals surface area contributed by atoms with Crippen molar-refractivity contribution in [3.63, 3.8) is 0 Å². The van der Waals surface area contributed by atoms with E-state index in [4.69, 9.17) is 4.74 Å². The van der Waals surface area contributed by atoms with E-state index < -0.39 is 36.1 Å². The van der Waals surface area contributed by atoms with Crippen LogP contribution in [0.25, 0.3) is 0 Å². The lowest BCUT2D eigenvalue weighted by atomic mass is 10.1. The fraction of sp³-hybridized carbons (Fsp3) is 0.474. The van der Waals surface area contributed by atoms with Crippen LogP contribution >= 0.6 is 0 Å². The summed E-state index contributed by atoms with van der Waals surface area (Å²) in [7, 11) is 0. The molecule has 2 rings (SSSR count). The van der Waals surface area contributed by atoms with Crippen molar-refractivity contribution in [2.75, 3.05) is 13.1 Å².